The van der Waals surface area contributed by atoms with Gasteiger partial charge in [-0.1, -0.05) is 84.2 Å². The molecule has 4 atom stereocenters. The van der Waals surface area contributed by atoms with Crippen molar-refractivity contribution < 1.29 is 47.9 Å². The highest BCUT2D eigenvalue weighted by Gasteiger charge is 2.32. The van der Waals surface area contributed by atoms with Crippen LogP contribution < -0.4 is 59.3 Å². The molecule has 0 heterocycles. The summed E-state index contributed by atoms with van der Waals surface area (Å²) in [7, 11) is 0. The molecule has 0 saturated heterocycles. The fraction of sp³-hybridized carbons (Fsp3) is 0.610. The Bertz CT molecular complexity index is 1660. The number of hydrogen-bond acceptors (Lipinski definition) is 11. The van der Waals surface area contributed by atoms with Crippen molar-refractivity contribution in [3.05, 3.63) is 35.9 Å². The van der Waals surface area contributed by atoms with Gasteiger partial charge in [-0.25, -0.2) is 0 Å². The standard InChI is InChI=1S/C41H67N11O10/c1-6-7-8-12-15-32(54)44-23-36(58)50-30(19-27-13-10-9-11-14-27)39(60)48-22-34(56)45-21-33(55)46-24-35(57)49-28(16-17-42)40(61)52-37(26(4)5)41(62)51-29(18-25(2)3)38(59)47-20-31(43)53/h9-11,13-14,25-26,28-30,37H,6-8,12,15-24,42H2,1-5H3,(H2,43,53)(H,44,54)(H,45,56)(H,46,55)(H,47,59)(H,48,60)(H,49,57)(H,50,58)(H,51,62)(H,52,61)/t28-,29-,30-,37?/m0/s1. The summed E-state index contributed by atoms with van der Waals surface area (Å²) in [5, 5.41) is 22.2. The van der Waals surface area contributed by atoms with Crippen LogP contribution in [-0.4, -0.2) is 123 Å². The molecule has 0 aromatic heterocycles. The zero-order valence-corrected chi connectivity index (χ0v) is 36.5. The molecule has 1 aromatic carbocycles. The summed E-state index contributed by atoms with van der Waals surface area (Å²) in [6, 6.07) is 4.39. The maximum Gasteiger partial charge on any atom is 0.243 e. The minimum absolute atomic E-state index is 0.0240. The normalized spacial score (nSPS) is 12.7. The summed E-state index contributed by atoms with van der Waals surface area (Å²) < 4.78 is 0. The van der Waals surface area contributed by atoms with E-state index in [-0.39, 0.29) is 50.6 Å². The predicted octanol–water partition coefficient (Wildman–Crippen LogP) is -2.74. The number of primary amides is 1. The van der Waals surface area contributed by atoms with Crippen molar-refractivity contribution in [3.8, 4) is 0 Å². The minimum Gasteiger partial charge on any atom is -0.368 e. The molecule has 10 amide bonds. The average molecular weight is 874 g/mol. The second kappa shape index (κ2) is 30.0. The molecule has 0 fully saturated rings. The lowest BCUT2D eigenvalue weighted by atomic mass is 9.99. The van der Waals surface area contributed by atoms with Crippen molar-refractivity contribution in [2.45, 2.75) is 110 Å². The number of nitrogens with one attached hydrogen (secondary N) is 9. The molecule has 0 aliphatic carbocycles. The molecule has 21 nitrogen and oxygen atoms in total. The Balaban J connectivity index is 2.70. The lowest BCUT2D eigenvalue weighted by molar-refractivity contribution is -0.135. The topological polar surface area (TPSA) is 331 Å². The molecule has 62 heavy (non-hydrogen) atoms. The van der Waals surface area contributed by atoms with Crippen LogP contribution in [0.1, 0.15) is 85.1 Å². The summed E-state index contributed by atoms with van der Waals surface area (Å²) in [5.41, 5.74) is 11.5. The lowest BCUT2D eigenvalue weighted by Gasteiger charge is -2.27. The Kier molecular flexibility index (Phi) is 26.1. The highest BCUT2D eigenvalue weighted by atomic mass is 16.2. The lowest BCUT2D eigenvalue weighted by Crippen LogP contribution is -2.59. The largest absolute Gasteiger partial charge is 0.368 e. The van der Waals surface area contributed by atoms with Crippen LogP contribution in [0.2, 0.25) is 0 Å². The third-order valence-electron chi connectivity index (χ3n) is 9.08. The van der Waals surface area contributed by atoms with E-state index in [1.54, 1.807) is 44.2 Å². The number of carbonyl (C=O) groups excluding carboxylic acids is 10. The van der Waals surface area contributed by atoms with E-state index in [0.29, 0.717) is 6.42 Å². The number of unbranched alkanes of at least 4 members (excludes halogenated alkanes) is 3. The van der Waals surface area contributed by atoms with E-state index in [9.17, 15) is 47.9 Å². The van der Waals surface area contributed by atoms with Gasteiger partial charge in [-0.15, -0.1) is 0 Å². The van der Waals surface area contributed by atoms with E-state index in [0.717, 1.165) is 24.8 Å². The molecule has 1 aromatic rings. The predicted molar refractivity (Wildman–Crippen MR) is 229 cm³/mol. The van der Waals surface area contributed by atoms with Crippen LogP contribution in [0.4, 0.5) is 0 Å². The highest BCUT2D eigenvalue weighted by Crippen LogP contribution is 2.09. The van der Waals surface area contributed by atoms with Gasteiger partial charge in [-0.3, -0.25) is 47.9 Å². The van der Waals surface area contributed by atoms with Gasteiger partial charge >= 0.3 is 0 Å². The van der Waals surface area contributed by atoms with E-state index in [1.165, 1.54) is 0 Å². The van der Waals surface area contributed by atoms with Crippen molar-refractivity contribution in [2.75, 3.05) is 39.3 Å². The number of amides is 10. The Labute approximate surface area is 362 Å². The van der Waals surface area contributed by atoms with Gasteiger partial charge in [0.15, 0.2) is 0 Å². The van der Waals surface area contributed by atoms with Gasteiger partial charge in [0.25, 0.3) is 0 Å². The van der Waals surface area contributed by atoms with Crippen molar-refractivity contribution in [1.29, 1.82) is 0 Å². The van der Waals surface area contributed by atoms with Crippen molar-refractivity contribution in [1.82, 2.24) is 47.9 Å². The van der Waals surface area contributed by atoms with Gasteiger partial charge in [0.2, 0.25) is 59.1 Å². The van der Waals surface area contributed by atoms with Crippen LogP contribution in [0.3, 0.4) is 0 Å². The third-order valence-corrected chi connectivity index (χ3v) is 9.08. The fourth-order valence-corrected chi connectivity index (χ4v) is 5.79. The molecule has 0 aliphatic rings. The maximum absolute atomic E-state index is 13.3. The second-order valence-corrected chi connectivity index (χ2v) is 15.5. The van der Waals surface area contributed by atoms with Crippen LogP contribution >= 0.6 is 0 Å². The fourth-order valence-electron chi connectivity index (χ4n) is 5.79. The summed E-state index contributed by atoms with van der Waals surface area (Å²) in [4.78, 5) is 126. The maximum atomic E-state index is 13.3. The van der Waals surface area contributed by atoms with E-state index >= 15 is 0 Å². The summed E-state index contributed by atoms with van der Waals surface area (Å²) in [6.45, 7) is 6.56. The second-order valence-electron chi connectivity index (χ2n) is 15.5. The monoisotopic (exact) mass is 874 g/mol. The summed E-state index contributed by atoms with van der Waals surface area (Å²) in [6.07, 6.45) is 4.21. The molecule has 0 bridgehead atoms. The van der Waals surface area contributed by atoms with E-state index in [4.69, 9.17) is 11.5 Å². The van der Waals surface area contributed by atoms with E-state index < -0.39 is 109 Å². The van der Waals surface area contributed by atoms with Crippen molar-refractivity contribution >= 4 is 59.1 Å². The Hall–Kier alpha value is -6.12. The Morgan fingerprint density at radius 1 is 0.548 bits per heavy atom. The quantitative estimate of drug-likeness (QED) is 0.0352. The smallest absolute Gasteiger partial charge is 0.243 e. The molecule has 1 rings (SSSR count). The first-order valence-corrected chi connectivity index (χ1v) is 20.9. The average Bonchev–Trinajstić information content (AvgIpc) is 3.22. The van der Waals surface area contributed by atoms with E-state index in [1.807, 2.05) is 13.8 Å². The molecular weight excluding hydrogens is 807 g/mol. The first kappa shape index (κ1) is 53.9. The van der Waals surface area contributed by atoms with E-state index in [2.05, 4.69) is 54.8 Å². The van der Waals surface area contributed by atoms with Gasteiger partial charge in [0, 0.05) is 12.8 Å². The first-order valence-electron chi connectivity index (χ1n) is 20.9. The third kappa shape index (κ3) is 23.6. The van der Waals surface area contributed by atoms with Gasteiger partial charge in [0.05, 0.1) is 32.7 Å². The zero-order valence-electron chi connectivity index (χ0n) is 36.5. The number of rotatable bonds is 30. The zero-order chi connectivity index (χ0) is 46.6. The number of benzene rings is 1. The van der Waals surface area contributed by atoms with Gasteiger partial charge in [-0.2, -0.15) is 0 Å². The summed E-state index contributed by atoms with van der Waals surface area (Å²) >= 11 is 0. The number of hydrogen-bond donors (Lipinski definition) is 11. The van der Waals surface area contributed by atoms with Crippen LogP contribution in [-0.2, 0) is 54.4 Å². The van der Waals surface area contributed by atoms with Crippen LogP contribution in [0.25, 0.3) is 0 Å². The van der Waals surface area contributed by atoms with Crippen LogP contribution in [0.5, 0.6) is 0 Å². The number of carbonyl (C=O) groups is 10. The Morgan fingerprint density at radius 3 is 1.63 bits per heavy atom. The van der Waals surface area contributed by atoms with Crippen molar-refractivity contribution in [2.24, 2.45) is 23.3 Å². The number of nitrogens with two attached hydrogens (primary N) is 2. The molecule has 13 N–H and O–H groups in total. The summed E-state index contributed by atoms with van der Waals surface area (Å²) in [5.74, 6) is -7.15. The molecule has 0 saturated carbocycles. The van der Waals surface area contributed by atoms with Gasteiger partial charge < -0.3 is 59.3 Å². The molecule has 346 valence electrons. The van der Waals surface area contributed by atoms with Crippen LogP contribution in [0.15, 0.2) is 30.3 Å². The molecule has 0 radical (unpaired) electrons. The van der Waals surface area contributed by atoms with Gasteiger partial charge in [0.1, 0.15) is 24.2 Å². The van der Waals surface area contributed by atoms with Crippen molar-refractivity contribution in [3.63, 3.8) is 0 Å². The molecular formula is C41H67N11O10. The minimum atomic E-state index is -1.21. The SMILES string of the molecule is CCCCCCC(=O)NCC(=O)N[C@@H](Cc1ccccc1)C(=O)NCC(=O)NCC(=O)NCC(=O)N[C@@H](CCN)C(=O)NC(C(=O)N[C@@H](CC(C)C)C(=O)NCC(N)=O)C(C)C. The molecule has 21 heteroatoms. The first-order chi connectivity index (χ1) is 29.4. The van der Waals surface area contributed by atoms with Gasteiger partial charge in [-0.05, 0) is 43.2 Å². The van der Waals surface area contributed by atoms with Crippen LogP contribution in [0, 0.1) is 11.8 Å². The molecule has 0 aliphatic heterocycles. The molecule has 0 spiro atoms. The highest BCUT2D eigenvalue weighted by molar-refractivity contribution is 5.96. The Morgan fingerprint density at radius 2 is 1.08 bits per heavy atom. The molecule has 1 unspecified atom stereocenters.